The second-order valence-electron chi connectivity index (χ2n) is 5.16. The van der Waals surface area contributed by atoms with E-state index in [0.29, 0.717) is 6.54 Å². The molecule has 0 unspecified atom stereocenters. The average Bonchev–Trinajstić information content (AvgIpc) is 2.59. The second-order valence-corrected chi connectivity index (χ2v) is 6.15. The maximum atomic E-state index is 5.27. The molecular weight excluding hydrogens is 306 g/mol. The Morgan fingerprint density at radius 1 is 1.13 bits per heavy atom. The Morgan fingerprint density at radius 2 is 1.91 bits per heavy atom. The predicted molar refractivity (Wildman–Crippen MR) is 102 cm³/mol. The molecule has 0 aliphatic carbocycles. The van der Waals surface area contributed by atoms with Gasteiger partial charge in [-0.15, -0.1) is 0 Å². The highest BCUT2D eigenvalue weighted by Crippen LogP contribution is 2.22. The summed E-state index contributed by atoms with van der Waals surface area (Å²) < 4.78 is 5.27. The van der Waals surface area contributed by atoms with E-state index in [1.807, 2.05) is 17.8 Å². The van der Waals surface area contributed by atoms with Crippen LogP contribution in [0.5, 0.6) is 5.75 Å². The van der Waals surface area contributed by atoms with E-state index in [0.717, 1.165) is 30.6 Å². The minimum absolute atomic E-state index is 0.663. The molecule has 5 heteroatoms. The molecule has 2 aromatic carbocycles. The van der Waals surface area contributed by atoms with Crippen LogP contribution >= 0.6 is 11.8 Å². The van der Waals surface area contributed by atoms with Crippen LogP contribution in [0.3, 0.4) is 0 Å². The van der Waals surface area contributed by atoms with E-state index in [1.165, 1.54) is 16.3 Å². The molecule has 0 saturated carbocycles. The SMILES string of the molecule is CCNC(=NCc1ccc2cc(OC)ccc2c1)NCCSC. The Kier molecular flexibility index (Phi) is 7.07. The number of rotatable bonds is 7. The third kappa shape index (κ3) is 5.36. The number of hydrogen-bond acceptors (Lipinski definition) is 3. The molecule has 0 atom stereocenters. The topological polar surface area (TPSA) is 45.7 Å². The molecular formula is C18H25N3OS. The molecule has 0 aliphatic heterocycles. The number of methoxy groups -OCH3 is 1. The van der Waals surface area contributed by atoms with Gasteiger partial charge in [0.2, 0.25) is 0 Å². The Morgan fingerprint density at radius 3 is 2.65 bits per heavy atom. The Hall–Kier alpha value is -1.88. The molecule has 0 aliphatic rings. The number of nitrogens with zero attached hydrogens (tertiary/aromatic N) is 1. The van der Waals surface area contributed by atoms with Crippen molar-refractivity contribution in [2.45, 2.75) is 13.5 Å². The Bertz CT molecular complexity index is 658. The Balaban J connectivity index is 2.08. The molecule has 0 aromatic heterocycles. The minimum atomic E-state index is 0.663. The highest BCUT2D eigenvalue weighted by molar-refractivity contribution is 7.98. The molecule has 0 spiro atoms. The molecule has 2 aromatic rings. The van der Waals surface area contributed by atoms with Gasteiger partial charge in [-0.2, -0.15) is 11.8 Å². The van der Waals surface area contributed by atoms with Crippen molar-refractivity contribution in [3.63, 3.8) is 0 Å². The zero-order valence-corrected chi connectivity index (χ0v) is 14.9. The van der Waals surface area contributed by atoms with E-state index in [2.05, 4.69) is 59.1 Å². The van der Waals surface area contributed by atoms with Crippen LogP contribution in [0.25, 0.3) is 10.8 Å². The quantitative estimate of drug-likeness (QED) is 0.464. The maximum Gasteiger partial charge on any atom is 0.191 e. The zero-order valence-electron chi connectivity index (χ0n) is 14.1. The van der Waals surface area contributed by atoms with Crippen LogP contribution in [-0.4, -0.2) is 38.2 Å². The van der Waals surface area contributed by atoms with Crippen molar-refractivity contribution in [3.05, 3.63) is 42.0 Å². The summed E-state index contributed by atoms with van der Waals surface area (Å²) in [6.07, 6.45) is 2.11. The van der Waals surface area contributed by atoms with Gasteiger partial charge in [-0.05, 0) is 47.7 Å². The fraction of sp³-hybridized carbons (Fsp3) is 0.389. The van der Waals surface area contributed by atoms with Crippen LogP contribution in [0.2, 0.25) is 0 Å². The molecule has 0 saturated heterocycles. The van der Waals surface area contributed by atoms with Gasteiger partial charge in [-0.1, -0.05) is 18.2 Å². The molecule has 2 rings (SSSR count). The molecule has 0 fully saturated rings. The second kappa shape index (κ2) is 9.30. The summed E-state index contributed by atoms with van der Waals surface area (Å²) >= 11 is 1.83. The van der Waals surface area contributed by atoms with Crippen molar-refractivity contribution in [1.82, 2.24) is 10.6 Å². The summed E-state index contributed by atoms with van der Waals surface area (Å²) in [4.78, 5) is 4.66. The monoisotopic (exact) mass is 331 g/mol. The fourth-order valence-electron chi connectivity index (χ4n) is 2.28. The lowest BCUT2D eigenvalue weighted by molar-refractivity contribution is 0.415. The molecule has 4 nitrogen and oxygen atoms in total. The average molecular weight is 331 g/mol. The van der Waals surface area contributed by atoms with Crippen LogP contribution in [0.4, 0.5) is 0 Å². The van der Waals surface area contributed by atoms with Crippen molar-refractivity contribution in [2.24, 2.45) is 4.99 Å². The summed E-state index contributed by atoms with van der Waals surface area (Å²) in [5.74, 6) is 2.83. The van der Waals surface area contributed by atoms with Gasteiger partial charge in [-0.25, -0.2) is 4.99 Å². The number of nitrogens with one attached hydrogen (secondary N) is 2. The largest absolute Gasteiger partial charge is 0.497 e. The standard InChI is InChI=1S/C18H25N3OS/c1-4-19-18(20-9-10-23-3)21-13-14-5-6-16-12-17(22-2)8-7-15(16)11-14/h5-8,11-12H,4,9-10,13H2,1-3H3,(H2,19,20,21). The van der Waals surface area contributed by atoms with Gasteiger partial charge in [0, 0.05) is 18.8 Å². The zero-order chi connectivity index (χ0) is 16.5. The number of aliphatic imine (C=N–C) groups is 1. The number of benzene rings is 2. The van der Waals surface area contributed by atoms with Gasteiger partial charge in [0.15, 0.2) is 5.96 Å². The molecule has 0 heterocycles. The van der Waals surface area contributed by atoms with E-state index >= 15 is 0 Å². The van der Waals surface area contributed by atoms with Gasteiger partial charge in [0.1, 0.15) is 5.75 Å². The molecule has 0 bridgehead atoms. The molecule has 23 heavy (non-hydrogen) atoms. The van der Waals surface area contributed by atoms with E-state index in [4.69, 9.17) is 4.74 Å². The van der Waals surface area contributed by atoms with Crippen molar-refractivity contribution < 1.29 is 4.74 Å². The lowest BCUT2D eigenvalue weighted by Gasteiger charge is -2.11. The normalized spacial score (nSPS) is 11.5. The van der Waals surface area contributed by atoms with Crippen molar-refractivity contribution in [3.8, 4) is 5.75 Å². The summed E-state index contributed by atoms with van der Waals surface area (Å²) in [7, 11) is 1.69. The third-order valence-electron chi connectivity index (χ3n) is 3.47. The molecule has 0 radical (unpaired) electrons. The first kappa shape index (κ1) is 17.5. The van der Waals surface area contributed by atoms with Gasteiger partial charge in [0.25, 0.3) is 0 Å². The number of ether oxygens (including phenoxy) is 1. The van der Waals surface area contributed by atoms with Crippen molar-refractivity contribution in [2.75, 3.05) is 32.2 Å². The summed E-state index contributed by atoms with van der Waals surface area (Å²) in [6.45, 7) is 4.53. The van der Waals surface area contributed by atoms with Gasteiger partial charge >= 0.3 is 0 Å². The maximum absolute atomic E-state index is 5.27. The number of thioether (sulfide) groups is 1. The van der Waals surface area contributed by atoms with Crippen molar-refractivity contribution >= 4 is 28.5 Å². The number of fused-ring (bicyclic) bond motifs is 1. The van der Waals surface area contributed by atoms with Crippen LogP contribution in [-0.2, 0) is 6.54 Å². The lowest BCUT2D eigenvalue weighted by Crippen LogP contribution is -2.38. The van der Waals surface area contributed by atoms with Gasteiger partial charge < -0.3 is 15.4 Å². The highest BCUT2D eigenvalue weighted by Gasteiger charge is 2.00. The van der Waals surface area contributed by atoms with E-state index in [-0.39, 0.29) is 0 Å². The third-order valence-corrected chi connectivity index (χ3v) is 4.09. The van der Waals surface area contributed by atoms with Crippen molar-refractivity contribution in [1.29, 1.82) is 0 Å². The molecule has 0 amide bonds. The summed E-state index contributed by atoms with van der Waals surface area (Å²) in [5.41, 5.74) is 1.20. The highest BCUT2D eigenvalue weighted by atomic mass is 32.2. The predicted octanol–water partition coefficient (Wildman–Crippen LogP) is 3.27. The smallest absolute Gasteiger partial charge is 0.191 e. The van der Waals surface area contributed by atoms with Crippen LogP contribution < -0.4 is 15.4 Å². The van der Waals surface area contributed by atoms with Crippen LogP contribution in [0.1, 0.15) is 12.5 Å². The van der Waals surface area contributed by atoms with Gasteiger partial charge in [-0.3, -0.25) is 0 Å². The first-order valence-corrected chi connectivity index (χ1v) is 9.24. The van der Waals surface area contributed by atoms with E-state index in [1.54, 1.807) is 7.11 Å². The minimum Gasteiger partial charge on any atom is -0.497 e. The summed E-state index contributed by atoms with van der Waals surface area (Å²) in [6, 6.07) is 12.6. The fourth-order valence-corrected chi connectivity index (χ4v) is 2.59. The number of guanidine groups is 1. The molecule has 2 N–H and O–H groups in total. The van der Waals surface area contributed by atoms with E-state index in [9.17, 15) is 0 Å². The lowest BCUT2D eigenvalue weighted by atomic mass is 10.1. The first-order valence-electron chi connectivity index (χ1n) is 7.84. The molecule has 124 valence electrons. The first-order chi connectivity index (χ1) is 11.3. The van der Waals surface area contributed by atoms with Gasteiger partial charge in [0.05, 0.1) is 13.7 Å². The van der Waals surface area contributed by atoms with E-state index < -0.39 is 0 Å². The summed E-state index contributed by atoms with van der Waals surface area (Å²) in [5, 5.41) is 9.01. The number of hydrogen-bond donors (Lipinski definition) is 2. The van der Waals surface area contributed by atoms with Crippen LogP contribution in [0.15, 0.2) is 41.4 Å². The van der Waals surface area contributed by atoms with Crippen LogP contribution in [0, 0.1) is 0 Å². The Labute approximate surface area is 142 Å².